The van der Waals surface area contributed by atoms with Crippen molar-refractivity contribution in [1.82, 2.24) is 4.90 Å². The van der Waals surface area contributed by atoms with Gasteiger partial charge in [0.05, 0.1) is 11.4 Å². The van der Waals surface area contributed by atoms with Gasteiger partial charge in [0.25, 0.3) is 0 Å². The lowest BCUT2D eigenvalue weighted by Crippen LogP contribution is -2.26. The summed E-state index contributed by atoms with van der Waals surface area (Å²) >= 11 is 0. The summed E-state index contributed by atoms with van der Waals surface area (Å²) in [6, 6.07) is 7.33. The number of amides is 1. The number of nitrogens with one attached hydrogen (secondary N) is 1. The number of nitrogen functional groups attached to an aromatic ring is 1. The Hall–Kier alpha value is -1.55. The third-order valence-electron chi connectivity index (χ3n) is 3.78. The van der Waals surface area contributed by atoms with E-state index in [1.165, 1.54) is 6.42 Å². The van der Waals surface area contributed by atoms with Crippen LogP contribution in [-0.2, 0) is 4.79 Å². The minimum Gasteiger partial charge on any atom is -0.397 e. The summed E-state index contributed by atoms with van der Waals surface area (Å²) in [7, 11) is 2.08. The molecule has 2 rings (SSSR count). The van der Waals surface area contributed by atoms with Crippen LogP contribution in [0.3, 0.4) is 0 Å². The number of hydrogen-bond donors (Lipinski definition) is 2. The molecule has 3 N–H and O–H groups in total. The molecule has 0 aromatic heterocycles. The highest BCUT2D eigenvalue weighted by atomic mass is 16.1. The van der Waals surface area contributed by atoms with Crippen LogP contribution in [0.5, 0.6) is 0 Å². The molecule has 1 aromatic rings. The topological polar surface area (TPSA) is 58.4 Å². The van der Waals surface area contributed by atoms with Crippen LogP contribution in [0.1, 0.15) is 19.8 Å². The molecule has 0 bridgehead atoms. The van der Waals surface area contributed by atoms with E-state index in [4.69, 9.17) is 5.73 Å². The summed E-state index contributed by atoms with van der Waals surface area (Å²) in [6.07, 6.45) is 1.84. The molecular formula is C15H23N3O. The lowest BCUT2D eigenvalue weighted by Gasteiger charge is -2.16. The van der Waals surface area contributed by atoms with Crippen molar-refractivity contribution in [3.63, 3.8) is 0 Å². The van der Waals surface area contributed by atoms with Crippen molar-refractivity contribution < 1.29 is 4.79 Å². The highest BCUT2D eigenvalue weighted by Gasteiger charge is 2.32. The number of carbonyl (C=O) groups excluding carboxylic acids is 1. The first-order valence-corrected chi connectivity index (χ1v) is 6.89. The molecule has 0 saturated heterocycles. The van der Waals surface area contributed by atoms with Gasteiger partial charge in [0, 0.05) is 19.5 Å². The molecule has 1 aromatic carbocycles. The Labute approximate surface area is 115 Å². The standard InChI is InChI=1S/C15H23N3O/c1-11-9-12(11)10-18(2)8-7-15(19)17-14-6-4-3-5-13(14)16/h3-6,11-12H,7-10,16H2,1-2H3,(H,17,19). The molecular weight excluding hydrogens is 238 g/mol. The molecule has 0 spiro atoms. The predicted molar refractivity (Wildman–Crippen MR) is 78.9 cm³/mol. The zero-order valence-electron chi connectivity index (χ0n) is 11.7. The van der Waals surface area contributed by atoms with Gasteiger partial charge < -0.3 is 16.0 Å². The molecule has 2 atom stereocenters. The normalized spacial score (nSPS) is 21.4. The zero-order chi connectivity index (χ0) is 13.8. The Morgan fingerprint density at radius 2 is 2.16 bits per heavy atom. The van der Waals surface area contributed by atoms with Crippen LogP contribution in [0, 0.1) is 11.8 Å². The smallest absolute Gasteiger partial charge is 0.225 e. The van der Waals surface area contributed by atoms with Gasteiger partial charge in [-0.2, -0.15) is 0 Å². The molecule has 2 unspecified atom stereocenters. The SMILES string of the molecule is CC1CC1CN(C)CCC(=O)Nc1ccccc1N. The summed E-state index contributed by atoms with van der Waals surface area (Å²) in [5, 5.41) is 2.85. The van der Waals surface area contributed by atoms with Crippen molar-refractivity contribution in [2.45, 2.75) is 19.8 Å². The number of nitrogens with two attached hydrogens (primary N) is 1. The fourth-order valence-corrected chi connectivity index (χ4v) is 2.26. The van der Waals surface area contributed by atoms with Crippen LogP contribution in [0.15, 0.2) is 24.3 Å². The fraction of sp³-hybridized carbons (Fsp3) is 0.533. The molecule has 4 heteroatoms. The van der Waals surface area contributed by atoms with E-state index >= 15 is 0 Å². The van der Waals surface area contributed by atoms with Crippen LogP contribution < -0.4 is 11.1 Å². The molecule has 0 radical (unpaired) electrons. The number of rotatable bonds is 6. The zero-order valence-corrected chi connectivity index (χ0v) is 11.7. The fourth-order valence-electron chi connectivity index (χ4n) is 2.26. The minimum absolute atomic E-state index is 0.0218. The molecule has 1 aliphatic carbocycles. The number of anilines is 2. The lowest BCUT2D eigenvalue weighted by molar-refractivity contribution is -0.116. The summed E-state index contributed by atoms with van der Waals surface area (Å²) in [5.41, 5.74) is 7.10. The third-order valence-corrected chi connectivity index (χ3v) is 3.78. The lowest BCUT2D eigenvalue weighted by atomic mass is 10.2. The Morgan fingerprint density at radius 3 is 2.79 bits per heavy atom. The Morgan fingerprint density at radius 1 is 1.47 bits per heavy atom. The monoisotopic (exact) mass is 261 g/mol. The van der Waals surface area contributed by atoms with E-state index in [1.807, 2.05) is 18.2 Å². The molecule has 1 saturated carbocycles. The number of carbonyl (C=O) groups is 1. The van der Waals surface area contributed by atoms with E-state index in [-0.39, 0.29) is 5.91 Å². The van der Waals surface area contributed by atoms with Gasteiger partial charge in [-0.05, 0) is 37.4 Å². The second-order valence-corrected chi connectivity index (χ2v) is 5.62. The second-order valence-electron chi connectivity index (χ2n) is 5.62. The molecule has 0 heterocycles. The van der Waals surface area contributed by atoms with Crippen molar-refractivity contribution in [2.24, 2.45) is 11.8 Å². The Balaban J connectivity index is 1.71. The van der Waals surface area contributed by atoms with E-state index in [9.17, 15) is 4.79 Å². The van der Waals surface area contributed by atoms with Crippen LogP contribution in [0.2, 0.25) is 0 Å². The summed E-state index contributed by atoms with van der Waals surface area (Å²) in [4.78, 5) is 14.1. The van der Waals surface area contributed by atoms with Crippen LogP contribution in [0.25, 0.3) is 0 Å². The molecule has 4 nitrogen and oxygen atoms in total. The number of nitrogens with zero attached hydrogens (tertiary/aromatic N) is 1. The quantitative estimate of drug-likeness (QED) is 0.772. The largest absolute Gasteiger partial charge is 0.397 e. The third kappa shape index (κ3) is 4.24. The van der Waals surface area contributed by atoms with Gasteiger partial charge in [-0.3, -0.25) is 4.79 Å². The summed E-state index contributed by atoms with van der Waals surface area (Å²) in [5.74, 6) is 1.71. The van der Waals surface area contributed by atoms with E-state index in [0.717, 1.165) is 24.9 Å². The molecule has 104 valence electrons. The maximum Gasteiger partial charge on any atom is 0.225 e. The number of benzene rings is 1. The van der Waals surface area contributed by atoms with Gasteiger partial charge in [-0.25, -0.2) is 0 Å². The number of para-hydroxylation sites is 2. The molecule has 1 fully saturated rings. The maximum atomic E-state index is 11.8. The molecule has 1 amide bonds. The summed E-state index contributed by atoms with van der Waals surface area (Å²) < 4.78 is 0. The average Bonchev–Trinajstić information content (AvgIpc) is 3.05. The van der Waals surface area contributed by atoms with E-state index < -0.39 is 0 Å². The highest BCUT2D eigenvalue weighted by molar-refractivity contribution is 5.93. The van der Waals surface area contributed by atoms with Crippen LogP contribution in [0.4, 0.5) is 11.4 Å². The summed E-state index contributed by atoms with van der Waals surface area (Å²) in [6.45, 7) is 4.17. The maximum absolute atomic E-state index is 11.8. The van der Waals surface area contributed by atoms with Gasteiger partial charge in [-0.1, -0.05) is 19.1 Å². The minimum atomic E-state index is 0.0218. The van der Waals surface area contributed by atoms with E-state index in [2.05, 4.69) is 24.2 Å². The van der Waals surface area contributed by atoms with Crippen molar-refractivity contribution in [3.05, 3.63) is 24.3 Å². The average molecular weight is 261 g/mol. The van der Waals surface area contributed by atoms with E-state index in [0.29, 0.717) is 17.8 Å². The van der Waals surface area contributed by atoms with Gasteiger partial charge in [0.15, 0.2) is 0 Å². The first kappa shape index (κ1) is 13.9. The highest BCUT2D eigenvalue weighted by Crippen LogP contribution is 2.37. The van der Waals surface area contributed by atoms with Crippen molar-refractivity contribution in [3.8, 4) is 0 Å². The van der Waals surface area contributed by atoms with Crippen molar-refractivity contribution >= 4 is 17.3 Å². The van der Waals surface area contributed by atoms with E-state index in [1.54, 1.807) is 6.07 Å². The Bertz CT molecular complexity index is 447. The molecule has 1 aliphatic rings. The molecule has 0 aliphatic heterocycles. The number of hydrogen-bond acceptors (Lipinski definition) is 3. The van der Waals surface area contributed by atoms with Gasteiger partial charge in [0.2, 0.25) is 5.91 Å². The van der Waals surface area contributed by atoms with Crippen molar-refractivity contribution in [1.29, 1.82) is 0 Å². The first-order valence-electron chi connectivity index (χ1n) is 6.89. The predicted octanol–water partition coefficient (Wildman–Crippen LogP) is 2.19. The van der Waals surface area contributed by atoms with Gasteiger partial charge >= 0.3 is 0 Å². The van der Waals surface area contributed by atoms with Gasteiger partial charge in [0.1, 0.15) is 0 Å². The Kier molecular flexibility index (Phi) is 4.43. The van der Waals surface area contributed by atoms with Gasteiger partial charge in [-0.15, -0.1) is 0 Å². The first-order chi connectivity index (χ1) is 9.06. The van der Waals surface area contributed by atoms with Crippen molar-refractivity contribution in [2.75, 3.05) is 31.2 Å². The second kappa shape index (κ2) is 6.06. The van der Waals surface area contributed by atoms with Crippen LogP contribution in [-0.4, -0.2) is 30.9 Å². The van der Waals surface area contributed by atoms with Crippen LogP contribution >= 0.6 is 0 Å². The molecule has 19 heavy (non-hydrogen) atoms.